The second kappa shape index (κ2) is 9.49. The van der Waals surface area contributed by atoms with Crippen molar-refractivity contribution in [2.45, 2.75) is 27.7 Å². The molecule has 0 N–H and O–H groups in total. The monoisotopic (exact) mass is 482 g/mol. The standard InChI is InChI=1S/C22H26N8Se/c1-5-29(6-2)21-23-11-15(12-24-21)17-9-10-18(20-19(17)27-31-28-20)16-13-25-22(26-14-16)30(7-3)8-4/h9-14H,5-8H2,1-4H3. The van der Waals surface area contributed by atoms with E-state index >= 15 is 0 Å². The molecule has 0 amide bonds. The zero-order valence-corrected chi connectivity index (χ0v) is 20.0. The van der Waals surface area contributed by atoms with E-state index in [0.29, 0.717) is 0 Å². The molecule has 4 rings (SSSR count). The van der Waals surface area contributed by atoms with Crippen LogP contribution in [0.4, 0.5) is 11.9 Å². The first-order valence-corrected chi connectivity index (χ1v) is 12.1. The number of benzene rings is 1. The van der Waals surface area contributed by atoms with Crippen LogP contribution >= 0.6 is 0 Å². The van der Waals surface area contributed by atoms with E-state index in [4.69, 9.17) is 7.96 Å². The minimum absolute atomic E-state index is 0.156. The van der Waals surface area contributed by atoms with Gasteiger partial charge in [0, 0.05) is 0 Å². The van der Waals surface area contributed by atoms with Crippen LogP contribution in [0.1, 0.15) is 27.7 Å². The predicted molar refractivity (Wildman–Crippen MR) is 126 cm³/mol. The van der Waals surface area contributed by atoms with Gasteiger partial charge in [-0.15, -0.1) is 0 Å². The molecule has 4 aromatic rings. The van der Waals surface area contributed by atoms with Gasteiger partial charge in [-0.25, -0.2) is 0 Å². The van der Waals surface area contributed by atoms with Crippen LogP contribution in [0.5, 0.6) is 0 Å². The Balaban J connectivity index is 1.69. The van der Waals surface area contributed by atoms with Crippen molar-refractivity contribution in [3.8, 4) is 22.3 Å². The molecule has 1 aromatic carbocycles. The maximum absolute atomic E-state index is 4.70. The van der Waals surface area contributed by atoms with Crippen molar-refractivity contribution in [1.82, 2.24) is 27.9 Å². The Morgan fingerprint density at radius 3 is 1.29 bits per heavy atom. The molecule has 0 atom stereocenters. The van der Waals surface area contributed by atoms with E-state index in [9.17, 15) is 0 Å². The van der Waals surface area contributed by atoms with Gasteiger partial charge < -0.3 is 0 Å². The molecule has 0 spiro atoms. The Kier molecular flexibility index (Phi) is 6.53. The van der Waals surface area contributed by atoms with Gasteiger partial charge in [0.25, 0.3) is 0 Å². The summed E-state index contributed by atoms with van der Waals surface area (Å²) in [7, 11) is 0. The molecular weight excluding hydrogens is 455 g/mol. The van der Waals surface area contributed by atoms with Gasteiger partial charge in [0.1, 0.15) is 0 Å². The van der Waals surface area contributed by atoms with Crippen LogP contribution in [0.3, 0.4) is 0 Å². The molecule has 0 aliphatic carbocycles. The zero-order chi connectivity index (χ0) is 21.8. The Morgan fingerprint density at radius 1 is 0.613 bits per heavy atom. The van der Waals surface area contributed by atoms with Crippen LogP contribution in [-0.2, 0) is 0 Å². The van der Waals surface area contributed by atoms with Crippen molar-refractivity contribution in [2.75, 3.05) is 36.0 Å². The van der Waals surface area contributed by atoms with Crippen LogP contribution < -0.4 is 9.80 Å². The maximum atomic E-state index is 4.70. The van der Waals surface area contributed by atoms with Gasteiger partial charge in [0.2, 0.25) is 0 Å². The Hall–Kier alpha value is -2.90. The molecule has 0 unspecified atom stereocenters. The third kappa shape index (κ3) is 4.16. The topological polar surface area (TPSA) is 83.8 Å². The molecule has 3 heterocycles. The fourth-order valence-corrected chi connectivity index (χ4v) is 4.80. The first-order valence-electron chi connectivity index (χ1n) is 10.6. The first-order chi connectivity index (χ1) is 15.2. The summed E-state index contributed by atoms with van der Waals surface area (Å²) in [5, 5.41) is 0. The van der Waals surface area contributed by atoms with Crippen molar-refractivity contribution in [2.24, 2.45) is 0 Å². The van der Waals surface area contributed by atoms with Gasteiger partial charge in [-0.1, -0.05) is 0 Å². The van der Waals surface area contributed by atoms with Crippen LogP contribution in [0.25, 0.3) is 33.3 Å². The molecule has 3 aromatic heterocycles. The molecule has 9 heteroatoms. The zero-order valence-electron chi connectivity index (χ0n) is 18.3. The van der Waals surface area contributed by atoms with Crippen molar-refractivity contribution >= 4 is 37.9 Å². The number of anilines is 2. The van der Waals surface area contributed by atoms with E-state index in [0.717, 1.165) is 71.4 Å². The summed E-state index contributed by atoms with van der Waals surface area (Å²) in [4.78, 5) is 22.5. The molecule has 160 valence electrons. The van der Waals surface area contributed by atoms with Gasteiger partial charge in [-0.05, 0) is 0 Å². The molecule has 0 saturated carbocycles. The molecular formula is C22H26N8Se. The van der Waals surface area contributed by atoms with E-state index in [1.54, 1.807) is 0 Å². The second-order valence-corrected chi connectivity index (χ2v) is 8.12. The van der Waals surface area contributed by atoms with Crippen LogP contribution in [0, 0.1) is 0 Å². The number of aromatic nitrogens is 6. The predicted octanol–water partition coefficient (Wildman–Crippen LogP) is 3.29. The molecule has 0 aliphatic rings. The number of hydrogen-bond acceptors (Lipinski definition) is 8. The molecule has 0 aliphatic heterocycles. The van der Waals surface area contributed by atoms with E-state index in [1.165, 1.54) is 0 Å². The average molecular weight is 481 g/mol. The van der Waals surface area contributed by atoms with E-state index in [2.05, 4.69) is 69.6 Å². The third-order valence-corrected chi connectivity index (χ3v) is 6.52. The normalized spacial score (nSPS) is 11.1. The summed E-state index contributed by atoms with van der Waals surface area (Å²) in [6.07, 6.45) is 7.50. The number of nitrogens with zero attached hydrogens (tertiary/aromatic N) is 8. The quantitative estimate of drug-likeness (QED) is 0.355. The van der Waals surface area contributed by atoms with Gasteiger partial charge in [0.15, 0.2) is 0 Å². The van der Waals surface area contributed by atoms with Crippen molar-refractivity contribution in [3.63, 3.8) is 0 Å². The average Bonchev–Trinajstić information content (AvgIpc) is 3.31. The summed E-state index contributed by atoms with van der Waals surface area (Å²) in [6.45, 7) is 11.9. The number of rotatable bonds is 8. The van der Waals surface area contributed by atoms with E-state index in [-0.39, 0.29) is 15.0 Å². The van der Waals surface area contributed by atoms with Gasteiger partial charge in [-0.3, -0.25) is 0 Å². The van der Waals surface area contributed by atoms with E-state index in [1.807, 2.05) is 24.8 Å². The summed E-state index contributed by atoms with van der Waals surface area (Å²) in [5.74, 6) is 1.50. The van der Waals surface area contributed by atoms with Gasteiger partial charge in [0.05, 0.1) is 0 Å². The molecule has 8 nitrogen and oxygen atoms in total. The minimum atomic E-state index is -0.156. The molecule has 0 saturated heterocycles. The summed E-state index contributed by atoms with van der Waals surface area (Å²) < 4.78 is 9.41. The number of hydrogen-bond donors (Lipinski definition) is 0. The second-order valence-electron chi connectivity index (χ2n) is 7.01. The van der Waals surface area contributed by atoms with Gasteiger partial charge >= 0.3 is 189 Å². The van der Waals surface area contributed by atoms with Crippen molar-refractivity contribution in [3.05, 3.63) is 36.9 Å². The fourth-order valence-electron chi connectivity index (χ4n) is 3.59. The summed E-state index contributed by atoms with van der Waals surface area (Å²) >= 11 is -0.156. The molecule has 0 radical (unpaired) electrons. The molecule has 0 bridgehead atoms. The third-order valence-electron chi connectivity index (χ3n) is 5.41. The number of fused-ring (bicyclic) bond motifs is 1. The van der Waals surface area contributed by atoms with Crippen molar-refractivity contribution < 1.29 is 0 Å². The van der Waals surface area contributed by atoms with Crippen LogP contribution in [0.15, 0.2) is 36.9 Å². The Bertz CT molecular complexity index is 1040. The van der Waals surface area contributed by atoms with Gasteiger partial charge in [-0.2, -0.15) is 0 Å². The molecule has 0 fully saturated rings. The summed E-state index contributed by atoms with van der Waals surface area (Å²) in [6, 6.07) is 4.14. The van der Waals surface area contributed by atoms with Crippen molar-refractivity contribution in [1.29, 1.82) is 0 Å². The first kappa shape index (κ1) is 21.3. The van der Waals surface area contributed by atoms with E-state index < -0.39 is 0 Å². The fraction of sp³-hybridized carbons (Fsp3) is 0.364. The summed E-state index contributed by atoms with van der Waals surface area (Å²) in [5.41, 5.74) is 5.73. The SMILES string of the molecule is CCN(CC)c1ncc(-c2ccc(-c3cnc(N(CC)CC)nc3)c3n[se]nc23)cn1. The Labute approximate surface area is 188 Å². The van der Waals surface area contributed by atoms with Crippen LogP contribution in [0.2, 0.25) is 0 Å². The van der Waals surface area contributed by atoms with Crippen LogP contribution in [-0.4, -0.2) is 69.0 Å². The molecule has 31 heavy (non-hydrogen) atoms. The Morgan fingerprint density at radius 2 is 0.968 bits per heavy atom.